The molecule has 0 aromatic heterocycles. The highest BCUT2D eigenvalue weighted by molar-refractivity contribution is 5.88. The lowest BCUT2D eigenvalue weighted by molar-refractivity contribution is -0.133. The van der Waals surface area contributed by atoms with Gasteiger partial charge in [0, 0.05) is 5.92 Å². The molecule has 1 unspecified atom stereocenters. The topological polar surface area (TPSA) is 61.8 Å². The monoisotopic (exact) mass is 228 g/mol. The van der Waals surface area contributed by atoms with E-state index in [1.807, 2.05) is 0 Å². The van der Waals surface area contributed by atoms with Gasteiger partial charge >= 0.3 is 12.1 Å². The van der Waals surface area contributed by atoms with Crippen molar-refractivity contribution in [2.45, 2.75) is 39.4 Å². The van der Waals surface area contributed by atoms with E-state index in [9.17, 15) is 9.59 Å². The summed E-state index contributed by atoms with van der Waals surface area (Å²) in [6, 6.07) is 0. The molecule has 0 saturated carbocycles. The second kappa shape index (κ2) is 6.01. The molecule has 0 aliphatic carbocycles. The Morgan fingerprint density at radius 2 is 1.81 bits per heavy atom. The fourth-order valence-corrected chi connectivity index (χ4v) is 0.659. The largest absolute Gasteiger partial charge is 0.510 e. The van der Waals surface area contributed by atoms with E-state index >= 15 is 0 Å². The third kappa shape index (κ3) is 7.68. The van der Waals surface area contributed by atoms with Crippen LogP contribution in [-0.4, -0.2) is 30.9 Å². The molecule has 1 atom stereocenters. The second-order valence-electron chi connectivity index (χ2n) is 3.99. The average molecular weight is 228 g/mol. The molecule has 0 amide bonds. The van der Waals surface area contributed by atoms with Gasteiger partial charge in [0.25, 0.3) is 0 Å². The van der Waals surface area contributed by atoms with Crippen LogP contribution in [0.4, 0.5) is 4.79 Å². The van der Waals surface area contributed by atoms with E-state index in [1.165, 1.54) is 14.0 Å². The van der Waals surface area contributed by atoms with Gasteiger partial charge in [0.05, 0.1) is 7.11 Å². The summed E-state index contributed by atoms with van der Waals surface area (Å²) in [5, 5.41) is 0. The van der Waals surface area contributed by atoms with Crippen LogP contribution in [0, 0.1) is 11.8 Å². The fourth-order valence-electron chi connectivity index (χ4n) is 0.659. The molecule has 0 N–H and O–H groups in total. The molecule has 0 heterocycles. The third-order valence-electron chi connectivity index (χ3n) is 1.23. The molecular weight excluding hydrogens is 212 g/mol. The van der Waals surface area contributed by atoms with Crippen LogP contribution in [-0.2, 0) is 19.0 Å². The normalized spacial score (nSPS) is 11.8. The molecule has 5 nitrogen and oxygen atoms in total. The van der Waals surface area contributed by atoms with Crippen molar-refractivity contribution >= 4 is 12.1 Å². The number of esters is 1. The Morgan fingerprint density at radius 3 is 2.25 bits per heavy atom. The molecule has 0 aliphatic heterocycles. The number of carbonyl (C=O) groups excluding carboxylic acids is 2. The van der Waals surface area contributed by atoms with Crippen LogP contribution in [0.1, 0.15) is 27.7 Å². The van der Waals surface area contributed by atoms with Crippen molar-refractivity contribution in [3.63, 3.8) is 0 Å². The van der Waals surface area contributed by atoms with E-state index in [0.29, 0.717) is 0 Å². The van der Waals surface area contributed by atoms with Gasteiger partial charge in [-0.2, -0.15) is 0 Å². The number of carbonyl (C=O) groups is 2. The highest BCUT2D eigenvalue weighted by Gasteiger charge is 2.18. The van der Waals surface area contributed by atoms with Crippen LogP contribution in [0.25, 0.3) is 0 Å². The van der Waals surface area contributed by atoms with Crippen molar-refractivity contribution in [1.82, 2.24) is 0 Å². The lowest BCUT2D eigenvalue weighted by Crippen LogP contribution is -2.26. The van der Waals surface area contributed by atoms with E-state index in [-0.39, 0.29) is 0 Å². The quantitative estimate of drug-likeness (QED) is 0.386. The Balaban J connectivity index is 4.14. The van der Waals surface area contributed by atoms with E-state index in [2.05, 4.69) is 16.6 Å². The Morgan fingerprint density at radius 1 is 1.25 bits per heavy atom. The van der Waals surface area contributed by atoms with Crippen molar-refractivity contribution in [1.29, 1.82) is 0 Å². The molecule has 0 aromatic carbocycles. The van der Waals surface area contributed by atoms with Gasteiger partial charge in [-0.25, -0.2) is 9.59 Å². The standard InChI is InChI=1S/C11H16O5/c1-8(6-7-9(12)14-5)15-10(13)16-11(2,3)4/h8H,1-5H3. The molecule has 0 bridgehead atoms. The summed E-state index contributed by atoms with van der Waals surface area (Å²) in [5.74, 6) is 3.88. The molecule has 0 aromatic rings. The number of hydrogen-bond donors (Lipinski definition) is 0. The molecule has 90 valence electrons. The first-order valence-corrected chi connectivity index (χ1v) is 4.73. The summed E-state index contributed by atoms with van der Waals surface area (Å²) < 4.78 is 14.0. The first-order valence-electron chi connectivity index (χ1n) is 4.73. The smallest absolute Gasteiger partial charge is 0.459 e. The molecule has 0 rings (SSSR count). The zero-order chi connectivity index (χ0) is 12.8. The van der Waals surface area contributed by atoms with Crippen molar-refractivity contribution < 1.29 is 23.8 Å². The molecule has 5 heteroatoms. The van der Waals surface area contributed by atoms with Crippen LogP contribution >= 0.6 is 0 Å². The predicted octanol–water partition coefficient (Wildman–Crippen LogP) is 1.50. The van der Waals surface area contributed by atoms with Gasteiger partial charge < -0.3 is 14.2 Å². The maximum absolute atomic E-state index is 11.2. The maximum atomic E-state index is 11.2. The predicted molar refractivity (Wildman–Crippen MR) is 56.6 cm³/mol. The molecule has 0 radical (unpaired) electrons. The van der Waals surface area contributed by atoms with Crippen molar-refractivity contribution in [2.24, 2.45) is 0 Å². The summed E-state index contributed by atoms with van der Waals surface area (Å²) in [4.78, 5) is 21.8. The Kier molecular flexibility index (Phi) is 5.37. The first kappa shape index (κ1) is 14.3. The minimum atomic E-state index is -0.820. The zero-order valence-corrected chi connectivity index (χ0v) is 10.1. The molecule has 0 spiro atoms. The van der Waals surface area contributed by atoms with Gasteiger partial charge in [-0.05, 0) is 33.6 Å². The van der Waals surface area contributed by atoms with E-state index < -0.39 is 23.8 Å². The van der Waals surface area contributed by atoms with Crippen LogP contribution in [0.15, 0.2) is 0 Å². The lowest BCUT2D eigenvalue weighted by Gasteiger charge is -2.19. The summed E-state index contributed by atoms with van der Waals surface area (Å²) in [5.41, 5.74) is -0.618. The van der Waals surface area contributed by atoms with Gasteiger partial charge in [-0.15, -0.1) is 0 Å². The van der Waals surface area contributed by atoms with Gasteiger partial charge in [0.2, 0.25) is 0 Å². The lowest BCUT2D eigenvalue weighted by atomic mass is 10.2. The fraction of sp³-hybridized carbons (Fsp3) is 0.636. The number of rotatable bonds is 1. The zero-order valence-electron chi connectivity index (χ0n) is 10.1. The summed E-state index contributed by atoms with van der Waals surface area (Å²) in [6.45, 7) is 6.69. The maximum Gasteiger partial charge on any atom is 0.510 e. The molecule has 0 saturated heterocycles. The SMILES string of the molecule is COC(=O)C#CC(C)OC(=O)OC(C)(C)C. The summed E-state index contributed by atoms with van der Waals surface area (Å²) in [7, 11) is 1.22. The van der Waals surface area contributed by atoms with Crippen LogP contribution < -0.4 is 0 Å². The third-order valence-corrected chi connectivity index (χ3v) is 1.23. The Labute approximate surface area is 95.1 Å². The van der Waals surface area contributed by atoms with Crippen molar-refractivity contribution in [3.05, 3.63) is 0 Å². The average Bonchev–Trinajstić information content (AvgIpc) is 2.10. The Hall–Kier alpha value is -1.70. The van der Waals surface area contributed by atoms with E-state index in [0.717, 1.165) is 0 Å². The van der Waals surface area contributed by atoms with Gasteiger partial charge in [-0.1, -0.05) is 0 Å². The Bertz CT molecular complexity index is 315. The van der Waals surface area contributed by atoms with E-state index in [1.54, 1.807) is 20.8 Å². The van der Waals surface area contributed by atoms with Crippen LogP contribution in [0.2, 0.25) is 0 Å². The van der Waals surface area contributed by atoms with Gasteiger partial charge in [0.1, 0.15) is 5.60 Å². The van der Waals surface area contributed by atoms with Crippen LogP contribution in [0.3, 0.4) is 0 Å². The number of hydrogen-bond acceptors (Lipinski definition) is 5. The first-order chi connectivity index (χ1) is 7.24. The minimum absolute atomic E-state index is 0.618. The highest BCUT2D eigenvalue weighted by atomic mass is 16.7. The van der Waals surface area contributed by atoms with E-state index in [4.69, 9.17) is 9.47 Å². The van der Waals surface area contributed by atoms with Gasteiger partial charge in [0.15, 0.2) is 6.10 Å². The number of ether oxygens (including phenoxy) is 3. The van der Waals surface area contributed by atoms with Gasteiger partial charge in [-0.3, -0.25) is 0 Å². The molecule has 0 aliphatic rings. The summed E-state index contributed by atoms with van der Waals surface area (Å²) >= 11 is 0. The van der Waals surface area contributed by atoms with Crippen LogP contribution in [0.5, 0.6) is 0 Å². The number of methoxy groups -OCH3 is 1. The second-order valence-corrected chi connectivity index (χ2v) is 3.99. The van der Waals surface area contributed by atoms with Crippen molar-refractivity contribution in [2.75, 3.05) is 7.11 Å². The highest BCUT2D eigenvalue weighted by Crippen LogP contribution is 2.08. The molecule has 16 heavy (non-hydrogen) atoms. The summed E-state index contributed by atoms with van der Waals surface area (Å²) in [6.07, 6.45) is -1.55. The molecular formula is C11H16O5. The minimum Gasteiger partial charge on any atom is -0.459 e. The molecule has 0 fully saturated rings. The van der Waals surface area contributed by atoms with Crippen molar-refractivity contribution in [3.8, 4) is 11.8 Å².